The quantitative estimate of drug-likeness (QED) is 0.685. The maximum Gasteiger partial charge on any atom is 0.0628 e. The smallest absolute Gasteiger partial charge is 0.0628 e. The monoisotopic (exact) mass is 226 g/mol. The maximum atomic E-state index is 9.80. The third kappa shape index (κ3) is 2.76. The van der Waals surface area contributed by atoms with Gasteiger partial charge in [-0.2, -0.15) is 0 Å². The summed E-state index contributed by atoms with van der Waals surface area (Å²) in [7, 11) is 2.20. The van der Waals surface area contributed by atoms with Gasteiger partial charge < -0.3 is 15.3 Å². The molecule has 0 radical (unpaired) electrons. The van der Waals surface area contributed by atoms with Gasteiger partial charge >= 0.3 is 0 Å². The molecule has 2 fully saturated rings. The van der Waals surface area contributed by atoms with E-state index in [1.54, 1.807) is 0 Å². The van der Waals surface area contributed by atoms with Gasteiger partial charge in [0.25, 0.3) is 0 Å². The van der Waals surface area contributed by atoms with E-state index in [2.05, 4.69) is 31.1 Å². The van der Waals surface area contributed by atoms with Crippen LogP contribution < -0.4 is 5.32 Å². The van der Waals surface area contributed by atoms with Gasteiger partial charge in [-0.3, -0.25) is 0 Å². The number of aliphatic hydroxyl groups excluding tert-OH is 1. The Morgan fingerprint density at radius 1 is 1.31 bits per heavy atom. The largest absolute Gasteiger partial charge is 0.394 e. The molecule has 0 aliphatic heterocycles. The molecule has 0 aromatic heterocycles. The summed E-state index contributed by atoms with van der Waals surface area (Å²) in [5.74, 6) is 0.682. The van der Waals surface area contributed by atoms with Crippen LogP contribution in [0.4, 0.5) is 0 Å². The fraction of sp³-hybridized carbons (Fsp3) is 1.00. The summed E-state index contributed by atoms with van der Waals surface area (Å²) in [6.07, 6.45) is 5.23. The molecule has 2 aliphatic carbocycles. The third-order valence-electron chi connectivity index (χ3n) is 3.92. The molecule has 0 amide bonds. The molecule has 0 saturated heterocycles. The van der Waals surface area contributed by atoms with E-state index < -0.39 is 0 Å². The zero-order chi connectivity index (χ0) is 11.8. The molecular formula is C13H26N2O. The molecule has 94 valence electrons. The van der Waals surface area contributed by atoms with E-state index in [9.17, 15) is 5.11 Å². The van der Waals surface area contributed by atoms with Crippen LogP contribution in [0.25, 0.3) is 0 Å². The molecule has 16 heavy (non-hydrogen) atoms. The van der Waals surface area contributed by atoms with Gasteiger partial charge in [0.1, 0.15) is 0 Å². The van der Waals surface area contributed by atoms with Crippen LogP contribution in [0.1, 0.15) is 39.5 Å². The maximum absolute atomic E-state index is 9.80. The van der Waals surface area contributed by atoms with Crippen LogP contribution in [0.2, 0.25) is 0 Å². The number of likely N-dealkylation sites (N-methyl/N-ethyl adjacent to an activating group) is 1. The standard InChI is InChI=1S/C13H26N2O/c1-10(2)14-13(9-16,11-4-5-11)8-15(3)12-6-7-12/h10-12,14,16H,4-9H2,1-3H3. The second kappa shape index (κ2) is 4.63. The Morgan fingerprint density at radius 3 is 2.31 bits per heavy atom. The lowest BCUT2D eigenvalue weighted by molar-refractivity contribution is 0.0907. The molecule has 0 aromatic rings. The van der Waals surface area contributed by atoms with E-state index in [-0.39, 0.29) is 12.1 Å². The Labute approximate surface area is 99.2 Å². The Morgan fingerprint density at radius 2 is 1.94 bits per heavy atom. The topological polar surface area (TPSA) is 35.5 Å². The Balaban J connectivity index is 1.99. The molecule has 2 aliphatic rings. The zero-order valence-corrected chi connectivity index (χ0v) is 10.9. The average Bonchev–Trinajstić information content (AvgIpc) is 3.04. The highest BCUT2D eigenvalue weighted by Crippen LogP contribution is 2.41. The van der Waals surface area contributed by atoms with Gasteiger partial charge in [0.2, 0.25) is 0 Å². The highest BCUT2D eigenvalue weighted by Gasteiger charge is 2.46. The number of hydrogen-bond donors (Lipinski definition) is 2. The lowest BCUT2D eigenvalue weighted by Crippen LogP contribution is -2.59. The number of rotatable bonds is 7. The molecule has 0 spiro atoms. The highest BCUT2D eigenvalue weighted by molar-refractivity contribution is 5.04. The predicted octanol–water partition coefficient (Wildman–Crippen LogP) is 1.22. The number of hydrogen-bond acceptors (Lipinski definition) is 3. The highest BCUT2D eigenvalue weighted by atomic mass is 16.3. The average molecular weight is 226 g/mol. The molecule has 0 bridgehead atoms. The van der Waals surface area contributed by atoms with Gasteiger partial charge in [-0.1, -0.05) is 13.8 Å². The molecule has 3 nitrogen and oxygen atoms in total. The van der Waals surface area contributed by atoms with Gasteiger partial charge in [-0.05, 0) is 38.6 Å². The summed E-state index contributed by atoms with van der Waals surface area (Å²) in [5, 5.41) is 13.4. The van der Waals surface area contributed by atoms with Gasteiger partial charge in [0.05, 0.1) is 12.1 Å². The first-order valence-corrected chi connectivity index (χ1v) is 6.66. The van der Waals surface area contributed by atoms with Crippen LogP contribution in [-0.4, -0.2) is 47.8 Å². The van der Waals surface area contributed by atoms with E-state index in [0.29, 0.717) is 12.0 Å². The molecule has 2 saturated carbocycles. The van der Waals surface area contributed by atoms with Crippen LogP contribution in [0.3, 0.4) is 0 Å². The van der Waals surface area contributed by atoms with E-state index >= 15 is 0 Å². The van der Waals surface area contributed by atoms with Crippen LogP contribution in [0.15, 0.2) is 0 Å². The minimum Gasteiger partial charge on any atom is -0.394 e. The van der Waals surface area contributed by atoms with Crippen molar-refractivity contribution in [3.05, 3.63) is 0 Å². The molecule has 2 rings (SSSR count). The minimum atomic E-state index is -0.0501. The normalized spacial score (nSPS) is 25.1. The molecule has 0 aromatic carbocycles. The Bertz CT molecular complexity index is 236. The molecule has 1 atom stereocenters. The molecule has 3 heteroatoms. The van der Waals surface area contributed by atoms with Crippen molar-refractivity contribution in [3.8, 4) is 0 Å². The summed E-state index contributed by atoms with van der Waals surface area (Å²) >= 11 is 0. The summed E-state index contributed by atoms with van der Waals surface area (Å²) in [5.41, 5.74) is -0.0501. The lowest BCUT2D eigenvalue weighted by atomic mass is 9.92. The molecular weight excluding hydrogens is 200 g/mol. The molecule has 1 unspecified atom stereocenters. The number of aliphatic hydroxyl groups is 1. The van der Waals surface area contributed by atoms with Gasteiger partial charge in [-0.15, -0.1) is 0 Å². The Hall–Kier alpha value is -0.120. The van der Waals surface area contributed by atoms with Crippen LogP contribution in [0, 0.1) is 5.92 Å². The van der Waals surface area contributed by atoms with Crippen molar-refractivity contribution in [1.29, 1.82) is 0 Å². The lowest BCUT2D eigenvalue weighted by Gasteiger charge is -2.39. The van der Waals surface area contributed by atoms with Gasteiger partial charge in [-0.25, -0.2) is 0 Å². The van der Waals surface area contributed by atoms with Crippen molar-refractivity contribution >= 4 is 0 Å². The van der Waals surface area contributed by atoms with Gasteiger partial charge in [0, 0.05) is 18.6 Å². The second-order valence-corrected chi connectivity index (χ2v) is 6.03. The second-order valence-electron chi connectivity index (χ2n) is 6.03. The summed E-state index contributed by atoms with van der Waals surface area (Å²) < 4.78 is 0. The summed E-state index contributed by atoms with van der Waals surface area (Å²) in [4.78, 5) is 2.43. The molecule has 0 heterocycles. The SMILES string of the molecule is CC(C)NC(CO)(CN(C)C1CC1)C1CC1. The van der Waals surface area contributed by atoms with Crippen LogP contribution >= 0.6 is 0 Å². The van der Waals surface area contributed by atoms with E-state index in [1.165, 1.54) is 25.7 Å². The van der Waals surface area contributed by atoms with Crippen molar-refractivity contribution in [2.75, 3.05) is 20.2 Å². The minimum absolute atomic E-state index is 0.0501. The molecule has 2 N–H and O–H groups in total. The first-order valence-electron chi connectivity index (χ1n) is 6.66. The first-order chi connectivity index (χ1) is 7.57. The first kappa shape index (κ1) is 12.3. The van der Waals surface area contributed by atoms with Crippen molar-refractivity contribution in [2.24, 2.45) is 5.92 Å². The van der Waals surface area contributed by atoms with Crippen molar-refractivity contribution in [1.82, 2.24) is 10.2 Å². The van der Waals surface area contributed by atoms with Crippen LogP contribution in [-0.2, 0) is 0 Å². The third-order valence-corrected chi connectivity index (χ3v) is 3.92. The van der Waals surface area contributed by atoms with E-state index in [0.717, 1.165) is 12.6 Å². The van der Waals surface area contributed by atoms with Gasteiger partial charge in [0.15, 0.2) is 0 Å². The Kier molecular flexibility index (Phi) is 3.57. The van der Waals surface area contributed by atoms with E-state index in [1.807, 2.05) is 0 Å². The summed E-state index contributed by atoms with van der Waals surface area (Å²) in [6, 6.07) is 1.22. The van der Waals surface area contributed by atoms with Crippen molar-refractivity contribution in [2.45, 2.75) is 57.2 Å². The predicted molar refractivity (Wildman–Crippen MR) is 66.5 cm³/mol. The van der Waals surface area contributed by atoms with Crippen molar-refractivity contribution in [3.63, 3.8) is 0 Å². The summed E-state index contributed by atoms with van der Waals surface area (Å²) in [6.45, 7) is 5.61. The van der Waals surface area contributed by atoms with Crippen LogP contribution in [0.5, 0.6) is 0 Å². The fourth-order valence-corrected chi connectivity index (χ4v) is 2.82. The number of nitrogens with one attached hydrogen (secondary N) is 1. The van der Waals surface area contributed by atoms with E-state index in [4.69, 9.17) is 0 Å². The fourth-order valence-electron chi connectivity index (χ4n) is 2.82. The zero-order valence-electron chi connectivity index (χ0n) is 10.9. The number of nitrogens with zero attached hydrogens (tertiary/aromatic N) is 1. The van der Waals surface area contributed by atoms with Crippen molar-refractivity contribution < 1.29 is 5.11 Å².